The van der Waals surface area contributed by atoms with Gasteiger partial charge in [0.15, 0.2) is 0 Å². The van der Waals surface area contributed by atoms with E-state index in [1.165, 1.54) is 91.9 Å². The van der Waals surface area contributed by atoms with Crippen molar-refractivity contribution >= 4 is 11.6 Å². The van der Waals surface area contributed by atoms with Crippen LogP contribution in [0.5, 0.6) is 0 Å². The Morgan fingerprint density at radius 3 is 0.421 bits per heavy atom. The third-order valence-corrected chi connectivity index (χ3v) is 9.13. The lowest BCUT2D eigenvalue weighted by molar-refractivity contribution is -0.115. The van der Waals surface area contributed by atoms with Crippen LogP contribution in [0, 0.1) is 47.3 Å². The van der Waals surface area contributed by atoms with Crippen molar-refractivity contribution in [3.8, 4) is 0 Å². The van der Waals surface area contributed by atoms with Crippen LogP contribution in [0.25, 0.3) is 0 Å². The molecule has 2 heteroatoms. The van der Waals surface area contributed by atoms with Gasteiger partial charge in [-0.15, -0.1) is 0 Å². The van der Waals surface area contributed by atoms with Crippen LogP contribution in [0.15, 0.2) is 0 Å². The lowest BCUT2D eigenvalue weighted by atomic mass is 9.60. The molecule has 38 heavy (non-hydrogen) atoms. The molecule has 0 atom stereocenters. The van der Waals surface area contributed by atoms with E-state index in [0.717, 1.165) is 47.3 Å². The van der Waals surface area contributed by atoms with Crippen molar-refractivity contribution in [3.63, 3.8) is 0 Å². The fourth-order valence-corrected chi connectivity index (χ4v) is 5.31. The quantitative estimate of drug-likeness (QED) is 0.306. The van der Waals surface area contributed by atoms with E-state index in [2.05, 4.69) is 55.4 Å². The van der Waals surface area contributed by atoms with E-state index in [9.17, 15) is 9.59 Å². The minimum atomic E-state index is 0.167. The molecule has 4 saturated carbocycles. The SMILES string of the molecule is C1CCCC1.C1CCCC1.CC.CC.CC(C)=O.CC(C)=O.CC1C(C)C(C)C1C.CC1C(C)C(C)C1C. The Morgan fingerprint density at radius 2 is 0.368 bits per heavy atom. The maximum absolute atomic E-state index is 9.44. The summed E-state index contributed by atoms with van der Waals surface area (Å²) in [5, 5.41) is 0. The summed E-state index contributed by atoms with van der Waals surface area (Å²) < 4.78 is 0. The summed E-state index contributed by atoms with van der Waals surface area (Å²) in [5.74, 6) is 8.15. The molecule has 232 valence electrons. The van der Waals surface area contributed by atoms with Gasteiger partial charge in [0.25, 0.3) is 0 Å². The van der Waals surface area contributed by atoms with Gasteiger partial charge < -0.3 is 9.59 Å². The van der Waals surface area contributed by atoms with Crippen LogP contribution in [0.2, 0.25) is 0 Å². The highest BCUT2D eigenvalue weighted by Gasteiger charge is 2.38. The van der Waals surface area contributed by atoms with Gasteiger partial charge in [-0.2, -0.15) is 0 Å². The van der Waals surface area contributed by atoms with Crippen LogP contribution >= 0.6 is 0 Å². The Kier molecular flexibility index (Phi) is 34.2. The van der Waals surface area contributed by atoms with Crippen molar-refractivity contribution in [1.29, 1.82) is 0 Å². The number of carbonyl (C=O) groups is 2. The molecule has 0 aromatic heterocycles. The molecule has 0 aromatic carbocycles. The van der Waals surface area contributed by atoms with Gasteiger partial charge in [0.1, 0.15) is 11.6 Å². The number of hydrogen-bond donors (Lipinski definition) is 0. The fraction of sp³-hybridized carbons (Fsp3) is 0.944. The van der Waals surface area contributed by atoms with E-state index in [0.29, 0.717) is 0 Å². The second-order valence-electron chi connectivity index (χ2n) is 12.2. The van der Waals surface area contributed by atoms with Crippen LogP contribution in [-0.4, -0.2) is 11.6 Å². The molecule has 0 saturated heterocycles. The first-order chi connectivity index (χ1) is 17.7. The molecule has 4 fully saturated rings. The second kappa shape index (κ2) is 29.3. The molecular formula is C36H76O2. The largest absolute Gasteiger partial charge is 0.300 e. The Labute approximate surface area is 243 Å². The van der Waals surface area contributed by atoms with Crippen LogP contribution in [0.4, 0.5) is 0 Å². The summed E-state index contributed by atoms with van der Waals surface area (Å²) in [7, 11) is 0. The first kappa shape index (κ1) is 44.4. The van der Waals surface area contributed by atoms with E-state index in [1.807, 2.05) is 27.7 Å². The number of hydrogen-bond acceptors (Lipinski definition) is 2. The molecule has 0 heterocycles. The molecule has 0 aliphatic heterocycles. The van der Waals surface area contributed by atoms with Crippen LogP contribution in [-0.2, 0) is 9.59 Å². The Balaban J connectivity index is -0.000000182. The normalized spacial score (nSPS) is 31.4. The zero-order valence-corrected chi connectivity index (χ0v) is 29.5. The van der Waals surface area contributed by atoms with Gasteiger partial charge in [-0.1, -0.05) is 147 Å². The number of carbonyl (C=O) groups excluding carboxylic acids is 2. The van der Waals surface area contributed by atoms with E-state index in [-0.39, 0.29) is 11.6 Å². The van der Waals surface area contributed by atoms with Gasteiger partial charge in [0, 0.05) is 0 Å². The molecule has 0 spiro atoms. The van der Waals surface area contributed by atoms with Gasteiger partial charge in [-0.25, -0.2) is 0 Å². The van der Waals surface area contributed by atoms with Crippen molar-refractivity contribution in [1.82, 2.24) is 0 Å². The third-order valence-electron chi connectivity index (χ3n) is 9.13. The summed E-state index contributed by atoms with van der Waals surface area (Å²) in [6.45, 7) is 33.0. The summed E-state index contributed by atoms with van der Waals surface area (Å²) in [5.41, 5.74) is 0. The van der Waals surface area contributed by atoms with Crippen LogP contribution < -0.4 is 0 Å². The Bertz CT molecular complexity index is 370. The lowest BCUT2D eigenvalue weighted by Crippen LogP contribution is -2.39. The highest BCUT2D eigenvalue weighted by atomic mass is 16.1. The summed E-state index contributed by atoms with van der Waals surface area (Å²) in [6.07, 6.45) is 15.0. The number of ketones is 2. The second-order valence-corrected chi connectivity index (χ2v) is 12.2. The summed E-state index contributed by atoms with van der Waals surface area (Å²) in [6, 6.07) is 0. The molecule has 0 N–H and O–H groups in total. The average molecular weight is 541 g/mol. The number of Topliss-reactive ketones (excluding diaryl/α,β-unsaturated/α-hetero) is 2. The van der Waals surface area contributed by atoms with Crippen molar-refractivity contribution in [3.05, 3.63) is 0 Å². The molecule has 0 radical (unpaired) electrons. The topological polar surface area (TPSA) is 34.1 Å². The van der Waals surface area contributed by atoms with Gasteiger partial charge in [-0.3, -0.25) is 0 Å². The standard InChI is InChI=1S/2C8H16.2C5H10.2C3H6O.2C2H6/c2*1-5-6(2)8(4)7(5)3;2*1-2-4-5-3-1;2*1-3(2)4;2*1-2/h2*5-8H,1-4H3;2*1-5H2;2*1-2H3;2*1-2H3. The zero-order chi connectivity index (χ0) is 30.8. The Morgan fingerprint density at radius 1 is 0.316 bits per heavy atom. The molecule has 4 rings (SSSR count). The van der Waals surface area contributed by atoms with Crippen LogP contribution in [0.1, 0.15) is 175 Å². The average Bonchev–Trinajstić information content (AvgIpc) is 3.68. The summed E-state index contributed by atoms with van der Waals surface area (Å²) >= 11 is 0. The van der Waals surface area contributed by atoms with E-state index >= 15 is 0 Å². The van der Waals surface area contributed by atoms with E-state index < -0.39 is 0 Å². The molecule has 0 unspecified atom stereocenters. The molecule has 4 aliphatic carbocycles. The monoisotopic (exact) mass is 541 g/mol. The van der Waals surface area contributed by atoms with Crippen LogP contribution in [0.3, 0.4) is 0 Å². The van der Waals surface area contributed by atoms with E-state index in [4.69, 9.17) is 0 Å². The first-order valence-corrected chi connectivity index (χ1v) is 16.7. The first-order valence-electron chi connectivity index (χ1n) is 16.7. The van der Waals surface area contributed by atoms with Crippen molar-refractivity contribution < 1.29 is 9.59 Å². The molecule has 2 nitrogen and oxygen atoms in total. The lowest BCUT2D eigenvalue weighted by Gasteiger charge is -2.45. The maximum Gasteiger partial charge on any atom is 0.126 e. The molecule has 0 amide bonds. The molecular weight excluding hydrogens is 464 g/mol. The molecule has 4 aliphatic rings. The van der Waals surface area contributed by atoms with Gasteiger partial charge >= 0.3 is 0 Å². The minimum absolute atomic E-state index is 0.167. The third kappa shape index (κ3) is 24.4. The predicted octanol–water partition coefficient (Wildman–Crippen LogP) is 12.2. The number of rotatable bonds is 0. The smallest absolute Gasteiger partial charge is 0.126 e. The fourth-order valence-electron chi connectivity index (χ4n) is 5.31. The highest BCUT2D eigenvalue weighted by Crippen LogP contribution is 2.45. The van der Waals surface area contributed by atoms with Gasteiger partial charge in [0.2, 0.25) is 0 Å². The zero-order valence-electron chi connectivity index (χ0n) is 29.5. The van der Waals surface area contributed by atoms with Crippen molar-refractivity contribution in [2.75, 3.05) is 0 Å². The highest BCUT2D eigenvalue weighted by molar-refractivity contribution is 5.72. The van der Waals surface area contributed by atoms with E-state index in [1.54, 1.807) is 0 Å². The predicted molar refractivity (Wildman–Crippen MR) is 175 cm³/mol. The van der Waals surface area contributed by atoms with Crippen molar-refractivity contribution in [2.24, 2.45) is 47.3 Å². The van der Waals surface area contributed by atoms with Gasteiger partial charge in [0.05, 0.1) is 0 Å². The summed E-state index contributed by atoms with van der Waals surface area (Å²) in [4.78, 5) is 18.9. The Hall–Kier alpha value is -0.660. The maximum atomic E-state index is 9.44. The minimum Gasteiger partial charge on any atom is -0.300 e. The molecule has 0 aromatic rings. The molecule has 0 bridgehead atoms. The van der Waals surface area contributed by atoms with Gasteiger partial charge in [-0.05, 0) is 75.0 Å². The van der Waals surface area contributed by atoms with Crippen molar-refractivity contribution in [2.45, 2.75) is 175 Å².